The minimum absolute atomic E-state index is 0.279. The van der Waals surface area contributed by atoms with Gasteiger partial charge < -0.3 is 0 Å². The average molecular weight is 256 g/mol. The van der Waals surface area contributed by atoms with Crippen LogP contribution in [0.2, 0.25) is 0 Å². The van der Waals surface area contributed by atoms with Crippen molar-refractivity contribution in [2.45, 2.75) is 64.8 Å². The summed E-state index contributed by atoms with van der Waals surface area (Å²) in [5, 5.41) is 12.6. The van der Waals surface area contributed by atoms with E-state index in [0.29, 0.717) is 0 Å². The van der Waals surface area contributed by atoms with Crippen molar-refractivity contribution in [2.24, 2.45) is 0 Å². The number of hydrogen-bond acceptors (Lipinski definition) is 3. The van der Waals surface area contributed by atoms with Crippen LogP contribution in [0.25, 0.3) is 0 Å². The molecular weight excluding hydrogens is 228 g/mol. The Labute approximate surface area is 112 Å². The molecule has 0 amide bonds. The van der Waals surface area contributed by atoms with E-state index in [9.17, 15) is 5.26 Å². The first-order valence-electron chi connectivity index (χ1n) is 6.98. The molecule has 2 nitrogen and oxygen atoms in total. The zero-order valence-electron chi connectivity index (χ0n) is 11.7. The predicted molar refractivity (Wildman–Crippen MR) is 78.4 cm³/mol. The van der Waals surface area contributed by atoms with Crippen molar-refractivity contribution in [1.82, 2.24) is 5.32 Å². The lowest BCUT2D eigenvalue weighted by Crippen LogP contribution is -2.43. The van der Waals surface area contributed by atoms with E-state index in [2.05, 4.69) is 32.2 Å². The Morgan fingerprint density at radius 3 is 2.35 bits per heavy atom. The van der Waals surface area contributed by atoms with Gasteiger partial charge in [-0.15, -0.1) is 0 Å². The SMILES string of the molecule is CCCCCSCCCC(C#N)(CC)NCC. The van der Waals surface area contributed by atoms with Gasteiger partial charge in [-0.2, -0.15) is 17.0 Å². The largest absolute Gasteiger partial charge is 0.300 e. The third-order valence-corrected chi connectivity index (χ3v) is 4.27. The Hall–Kier alpha value is -0.200. The van der Waals surface area contributed by atoms with Crippen molar-refractivity contribution in [1.29, 1.82) is 5.26 Å². The van der Waals surface area contributed by atoms with Crippen LogP contribution in [0, 0.1) is 11.3 Å². The average Bonchev–Trinajstić information content (AvgIpc) is 2.36. The molecular formula is C14H28N2S. The summed E-state index contributed by atoms with van der Waals surface area (Å²) in [5.41, 5.74) is -0.279. The number of hydrogen-bond donors (Lipinski definition) is 1. The number of nitrogens with zero attached hydrogens (tertiary/aromatic N) is 1. The Bertz CT molecular complexity index is 213. The molecule has 0 spiro atoms. The highest BCUT2D eigenvalue weighted by molar-refractivity contribution is 7.99. The van der Waals surface area contributed by atoms with Gasteiger partial charge in [-0.25, -0.2) is 0 Å². The quantitative estimate of drug-likeness (QED) is 0.568. The van der Waals surface area contributed by atoms with E-state index in [-0.39, 0.29) is 5.54 Å². The monoisotopic (exact) mass is 256 g/mol. The molecule has 1 N–H and O–H groups in total. The summed E-state index contributed by atoms with van der Waals surface area (Å²) in [6, 6.07) is 2.46. The Morgan fingerprint density at radius 1 is 1.12 bits per heavy atom. The lowest BCUT2D eigenvalue weighted by Gasteiger charge is -2.25. The summed E-state index contributed by atoms with van der Waals surface area (Å²) in [5.74, 6) is 2.47. The molecule has 1 unspecified atom stereocenters. The Kier molecular flexibility index (Phi) is 10.8. The second-order valence-corrected chi connectivity index (χ2v) is 5.73. The molecule has 0 heterocycles. The van der Waals surface area contributed by atoms with Crippen LogP contribution in [-0.4, -0.2) is 23.6 Å². The van der Waals surface area contributed by atoms with Crippen LogP contribution in [0.3, 0.4) is 0 Å². The van der Waals surface area contributed by atoms with Crippen molar-refractivity contribution in [3.05, 3.63) is 0 Å². The third kappa shape index (κ3) is 7.68. The van der Waals surface area contributed by atoms with Crippen LogP contribution in [0.5, 0.6) is 0 Å². The van der Waals surface area contributed by atoms with Crippen molar-refractivity contribution >= 4 is 11.8 Å². The van der Waals surface area contributed by atoms with Crippen LogP contribution in [-0.2, 0) is 0 Å². The molecule has 0 aliphatic heterocycles. The van der Waals surface area contributed by atoms with E-state index in [1.54, 1.807) is 0 Å². The van der Waals surface area contributed by atoms with Crippen molar-refractivity contribution in [2.75, 3.05) is 18.1 Å². The van der Waals surface area contributed by atoms with E-state index in [0.717, 1.165) is 25.8 Å². The third-order valence-electron chi connectivity index (χ3n) is 3.12. The molecule has 100 valence electrons. The number of nitrogens with one attached hydrogen (secondary N) is 1. The molecule has 0 aliphatic rings. The van der Waals surface area contributed by atoms with Crippen LogP contribution >= 0.6 is 11.8 Å². The maximum atomic E-state index is 9.26. The number of unbranched alkanes of at least 4 members (excludes halogenated alkanes) is 2. The summed E-state index contributed by atoms with van der Waals surface area (Å²) < 4.78 is 0. The molecule has 0 saturated heterocycles. The maximum absolute atomic E-state index is 9.26. The molecule has 17 heavy (non-hydrogen) atoms. The van der Waals surface area contributed by atoms with Gasteiger partial charge in [0.25, 0.3) is 0 Å². The number of thioether (sulfide) groups is 1. The van der Waals surface area contributed by atoms with E-state index >= 15 is 0 Å². The molecule has 0 fully saturated rings. The van der Waals surface area contributed by atoms with Gasteiger partial charge in [-0.1, -0.05) is 33.6 Å². The summed E-state index contributed by atoms with van der Waals surface area (Å²) in [6.07, 6.45) is 7.01. The normalized spacial score (nSPS) is 14.2. The van der Waals surface area contributed by atoms with Crippen LogP contribution in [0.1, 0.15) is 59.3 Å². The van der Waals surface area contributed by atoms with Gasteiger partial charge in [-0.3, -0.25) is 5.32 Å². The molecule has 1 atom stereocenters. The highest BCUT2D eigenvalue weighted by Gasteiger charge is 2.25. The first-order chi connectivity index (χ1) is 8.24. The highest BCUT2D eigenvalue weighted by atomic mass is 32.2. The van der Waals surface area contributed by atoms with Crippen LogP contribution < -0.4 is 5.32 Å². The van der Waals surface area contributed by atoms with Gasteiger partial charge in [0.05, 0.1) is 6.07 Å². The van der Waals surface area contributed by atoms with Crippen molar-refractivity contribution in [3.8, 4) is 6.07 Å². The predicted octanol–water partition coefficient (Wildman–Crippen LogP) is 3.97. The zero-order chi connectivity index (χ0) is 13.0. The summed E-state index contributed by atoms with van der Waals surface area (Å²) in [4.78, 5) is 0. The van der Waals surface area contributed by atoms with Crippen molar-refractivity contribution in [3.63, 3.8) is 0 Å². The summed E-state index contributed by atoms with van der Waals surface area (Å²) in [7, 11) is 0. The minimum atomic E-state index is -0.279. The van der Waals surface area contributed by atoms with Gasteiger partial charge in [-0.05, 0) is 43.7 Å². The topological polar surface area (TPSA) is 35.8 Å². The van der Waals surface area contributed by atoms with Gasteiger partial charge in [0.2, 0.25) is 0 Å². The number of rotatable bonds is 11. The molecule has 0 aliphatic carbocycles. The summed E-state index contributed by atoms with van der Waals surface area (Å²) in [6.45, 7) is 7.29. The second-order valence-electron chi connectivity index (χ2n) is 4.50. The van der Waals surface area contributed by atoms with Gasteiger partial charge in [0.1, 0.15) is 5.54 Å². The van der Waals surface area contributed by atoms with Crippen LogP contribution in [0.15, 0.2) is 0 Å². The van der Waals surface area contributed by atoms with Gasteiger partial charge in [0.15, 0.2) is 0 Å². The number of nitriles is 1. The fourth-order valence-electron chi connectivity index (χ4n) is 1.94. The molecule has 0 radical (unpaired) electrons. The van der Waals surface area contributed by atoms with E-state index in [1.165, 1.54) is 30.8 Å². The van der Waals surface area contributed by atoms with Crippen molar-refractivity contribution < 1.29 is 0 Å². The lowest BCUT2D eigenvalue weighted by atomic mass is 9.92. The van der Waals surface area contributed by atoms with Crippen LogP contribution in [0.4, 0.5) is 0 Å². The standard InChI is InChI=1S/C14H28N2S/c1-4-7-8-11-17-12-9-10-14(5-2,13-15)16-6-3/h16H,4-12H2,1-3H3. The van der Waals surface area contributed by atoms with Gasteiger partial charge >= 0.3 is 0 Å². The smallest absolute Gasteiger partial charge is 0.106 e. The van der Waals surface area contributed by atoms with E-state index in [4.69, 9.17) is 0 Å². The molecule has 0 bridgehead atoms. The first kappa shape index (κ1) is 16.8. The molecule has 3 heteroatoms. The fourth-order valence-corrected chi connectivity index (χ4v) is 2.90. The fraction of sp³-hybridized carbons (Fsp3) is 0.929. The molecule has 0 saturated carbocycles. The Balaban J connectivity index is 3.65. The minimum Gasteiger partial charge on any atom is -0.300 e. The first-order valence-corrected chi connectivity index (χ1v) is 8.14. The van der Waals surface area contributed by atoms with E-state index in [1.807, 2.05) is 11.8 Å². The zero-order valence-corrected chi connectivity index (χ0v) is 12.5. The van der Waals surface area contributed by atoms with Gasteiger partial charge in [0, 0.05) is 0 Å². The molecule has 0 aromatic heterocycles. The Morgan fingerprint density at radius 2 is 1.82 bits per heavy atom. The summed E-state index contributed by atoms with van der Waals surface area (Å²) >= 11 is 2.04. The molecule has 0 aromatic carbocycles. The molecule has 0 rings (SSSR count). The lowest BCUT2D eigenvalue weighted by molar-refractivity contribution is 0.379. The maximum Gasteiger partial charge on any atom is 0.106 e. The highest BCUT2D eigenvalue weighted by Crippen LogP contribution is 2.18. The molecule has 0 aromatic rings. The second kappa shape index (κ2) is 10.9. The van der Waals surface area contributed by atoms with E-state index < -0.39 is 0 Å².